The number of carbonyl (C=O) groups excluding carboxylic acids is 2. The number of hydrogen-bond donors (Lipinski definition) is 1. The van der Waals surface area contributed by atoms with Crippen molar-refractivity contribution in [1.82, 2.24) is 4.90 Å². The summed E-state index contributed by atoms with van der Waals surface area (Å²) < 4.78 is 21.5. The van der Waals surface area contributed by atoms with Gasteiger partial charge in [0.1, 0.15) is 0 Å². The molecule has 0 saturated heterocycles. The third kappa shape index (κ3) is 7.34. The molecule has 0 spiro atoms. The summed E-state index contributed by atoms with van der Waals surface area (Å²) in [7, 11) is 1.62. The third-order valence-electron chi connectivity index (χ3n) is 4.84. The molecule has 1 aromatic carbocycles. The molecule has 9 heteroatoms. The number of carboxylic acid groups (broad SMARTS) is 1. The molecule has 2 atom stereocenters. The number of esters is 1. The summed E-state index contributed by atoms with van der Waals surface area (Å²) in [5.74, 6) is -0.213. The van der Waals surface area contributed by atoms with E-state index in [2.05, 4.69) is 0 Å². The molecule has 9 nitrogen and oxygen atoms in total. The fourth-order valence-electron chi connectivity index (χ4n) is 2.84. The minimum atomic E-state index is -1.10. The zero-order chi connectivity index (χ0) is 23.2. The van der Waals surface area contributed by atoms with Crippen LogP contribution in [0.1, 0.15) is 52.5 Å². The molecule has 1 amide bonds. The molecule has 1 aromatic rings. The van der Waals surface area contributed by atoms with E-state index in [0.29, 0.717) is 17.9 Å². The molecule has 0 aromatic heterocycles. The van der Waals surface area contributed by atoms with E-state index in [1.54, 1.807) is 27.8 Å². The minimum absolute atomic E-state index is 0.0627. The normalized spacial score (nSPS) is 14.5. The second-order valence-corrected chi connectivity index (χ2v) is 8.67. The zero-order valence-corrected chi connectivity index (χ0v) is 18.7. The molecule has 1 aliphatic heterocycles. The Morgan fingerprint density at radius 1 is 1.13 bits per heavy atom. The van der Waals surface area contributed by atoms with Gasteiger partial charge in [-0.3, -0.25) is 9.59 Å². The predicted octanol–water partition coefficient (Wildman–Crippen LogP) is 3.59. The van der Waals surface area contributed by atoms with Gasteiger partial charge in [0.05, 0.1) is 0 Å². The van der Waals surface area contributed by atoms with Crippen LogP contribution in [-0.2, 0) is 25.5 Å². The molecule has 2 rings (SSSR count). The van der Waals surface area contributed by atoms with E-state index in [0.717, 1.165) is 5.56 Å². The molecule has 0 bridgehead atoms. The molecule has 0 radical (unpaired) electrons. The van der Waals surface area contributed by atoms with Crippen LogP contribution in [0.15, 0.2) is 18.2 Å². The molecule has 1 N–H and O–H groups in total. The number of hydrogen-bond acceptors (Lipinski definition) is 7. The van der Waals surface area contributed by atoms with E-state index in [4.69, 9.17) is 24.1 Å². The second-order valence-electron chi connectivity index (χ2n) is 8.67. The molecular weight excluding hydrogens is 406 g/mol. The van der Waals surface area contributed by atoms with Crippen molar-refractivity contribution in [2.75, 3.05) is 13.8 Å². The molecule has 1 heterocycles. The molecule has 0 saturated carbocycles. The SMILES string of the molecule is CC(Cc1ccc2c(c1)OCO2)N(C)C(=O)OC(OC(=O)CCCC(=O)O)C(C)(C)C. The first-order chi connectivity index (χ1) is 14.5. The van der Waals surface area contributed by atoms with Crippen molar-refractivity contribution < 1.29 is 38.4 Å². The van der Waals surface area contributed by atoms with Crippen LogP contribution >= 0.6 is 0 Å². The van der Waals surface area contributed by atoms with Crippen molar-refractivity contribution in [3.05, 3.63) is 23.8 Å². The summed E-state index contributed by atoms with van der Waals surface area (Å²) in [5.41, 5.74) is 0.327. The van der Waals surface area contributed by atoms with Crippen molar-refractivity contribution in [2.45, 2.75) is 65.7 Å². The number of ether oxygens (including phenoxy) is 4. The van der Waals surface area contributed by atoms with Crippen LogP contribution in [0.5, 0.6) is 11.5 Å². The van der Waals surface area contributed by atoms with E-state index < -0.39 is 29.7 Å². The number of likely N-dealkylation sites (N-methyl/N-ethyl adjacent to an activating group) is 1. The highest BCUT2D eigenvalue weighted by molar-refractivity contribution is 5.72. The Balaban J connectivity index is 1.93. The first-order valence-corrected chi connectivity index (χ1v) is 10.2. The Hall–Kier alpha value is -2.97. The number of fused-ring (bicyclic) bond motifs is 1. The van der Waals surface area contributed by atoms with Crippen LogP contribution in [0.4, 0.5) is 4.79 Å². The predicted molar refractivity (Wildman–Crippen MR) is 111 cm³/mol. The van der Waals surface area contributed by atoms with Gasteiger partial charge >= 0.3 is 18.0 Å². The molecular formula is C22H31NO8. The minimum Gasteiger partial charge on any atom is -0.481 e. The number of amides is 1. The average molecular weight is 437 g/mol. The van der Waals surface area contributed by atoms with Gasteiger partial charge in [0.25, 0.3) is 6.29 Å². The summed E-state index contributed by atoms with van der Waals surface area (Å²) in [6, 6.07) is 5.44. The molecule has 31 heavy (non-hydrogen) atoms. The molecule has 1 aliphatic rings. The second kappa shape index (κ2) is 10.4. The van der Waals surface area contributed by atoms with Crippen LogP contribution in [0.3, 0.4) is 0 Å². The zero-order valence-electron chi connectivity index (χ0n) is 18.7. The van der Waals surface area contributed by atoms with Gasteiger partial charge in [0.15, 0.2) is 11.5 Å². The number of carboxylic acids is 1. The Labute approximate surface area is 182 Å². The molecule has 2 unspecified atom stereocenters. The van der Waals surface area contributed by atoms with Crippen LogP contribution in [0.25, 0.3) is 0 Å². The van der Waals surface area contributed by atoms with E-state index in [-0.39, 0.29) is 32.1 Å². The Bertz CT molecular complexity index is 801. The van der Waals surface area contributed by atoms with E-state index >= 15 is 0 Å². The van der Waals surface area contributed by atoms with Gasteiger partial charge < -0.3 is 29.0 Å². The Morgan fingerprint density at radius 3 is 2.45 bits per heavy atom. The van der Waals surface area contributed by atoms with Crippen LogP contribution in [-0.4, -0.2) is 54.2 Å². The highest BCUT2D eigenvalue weighted by Crippen LogP contribution is 2.33. The fraction of sp³-hybridized carbons (Fsp3) is 0.591. The Kier molecular flexibility index (Phi) is 8.13. The largest absolute Gasteiger partial charge is 0.481 e. The lowest BCUT2D eigenvalue weighted by Crippen LogP contribution is -2.43. The maximum Gasteiger partial charge on any atom is 0.412 e. The number of carbonyl (C=O) groups is 3. The summed E-state index contributed by atoms with van der Waals surface area (Å²) in [6.45, 7) is 7.43. The van der Waals surface area contributed by atoms with Crippen LogP contribution in [0, 0.1) is 5.41 Å². The van der Waals surface area contributed by atoms with Gasteiger partial charge in [-0.2, -0.15) is 0 Å². The summed E-state index contributed by atoms with van der Waals surface area (Å²) >= 11 is 0. The van der Waals surface area contributed by atoms with Gasteiger partial charge in [-0.15, -0.1) is 0 Å². The smallest absolute Gasteiger partial charge is 0.412 e. The topological polar surface area (TPSA) is 112 Å². The summed E-state index contributed by atoms with van der Waals surface area (Å²) in [4.78, 5) is 36.8. The van der Waals surface area contributed by atoms with Crippen LogP contribution < -0.4 is 9.47 Å². The lowest BCUT2D eigenvalue weighted by atomic mass is 9.96. The molecule has 172 valence electrons. The summed E-state index contributed by atoms with van der Waals surface area (Å²) in [5, 5.41) is 8.68. The number of aliphatic carboxylic acids is 1. The van der Waals surface area contributed by atoms with Crippen molar-refractivity contribution >= 4 is 18.0 Å². The lowest BCUT2D eigenvalue weighted by molar-refractivity contribution is -0.188. The van der Waals surface area contributed by atoms with Gasteiger partial charge in [-0.1, -0.05) is 26.8 Å². The first-order valence-electron chi connectivity index (χ1n) is 10.2. The van der Waals surface area contributed by atoms with E-state index in [1.807, 2.05) is 25.1 Å². The quantitative estimate of drug-likeness (QED) is 0.461. The van der Waals surface area contributed by atoms with Crippen molar-refractivity contribution in [3.63, 3.8) is 0 Å². The standard InChI is InChI=1S/C22H31NO8/c1-14(11-15-9-10-16-17(12-15)29-13-28-16)23(5)21(27)31-20(22(2,3)4)30-19(26)8-6-7-18(24)25/h9-10,12,14,20H,6-8,11,13H2,1-5H3,(H,24,25). The number of nitrogens with zero attached hydrogens (tertiary/aromatic N) is 1. The lowest BCUT2D eigenvalue weighted by Gasteiger charge is -2.32. The average Bonchev–Trinajstić information content (AvgIpc) is 3.13. The fourth-order valence-corrected chi connectivity index (χ4v) is 2.84. The molecule has 0 fully saturated rings. The van der Waals surface area contributed by atoms with Crippen LogP contribution in [0.2, 0.25) is 0 Å². The van der Waals surface area contributed by atoms with Gasteiger partial charge in [0.2, 0.25) is 6.79 Å². The monoisotopic (exact) mass is 437 g/mol. The Morgan fingerprint density at radius 2 is 1.81 bits per heavy atom. The van der Waals surface area contributed by atoms with Crippen molar-refractivity contribution in [3.8, 4) is 11.5 Å². The van der Waals surface area contributed by atoms with E-state index in [1.165, 1.54) is 4.90 Å². The molecule has 0 aliphatic carbocycles. The van der Waals surface area contributed by atoms with Crippen molar-refractivity contribution in [1.29, 1.82) is 0 Å². The number of rotatable bonds is 9. The van der Waals surface area contributed by atoms with Crippen molar-refractivity contribution in [2.24, 2.45) is 5.41 Å². The maximum absolute atomic E-state index is 12.7. The highest BCUT2D eigenvalue weighted by Gasteiger charge is 2.34. The van der Waals surface area contributed by atoms with E-state index in [9.17, 15) is 14.4 Å². The highest BCUT2D eigenvalue weighted by atomic mass is 16.7. The van der Waals surface area contributed by atoms with Gasteiger partial charge in [-0.25, -0.2) is 4.79 Å². The van der Waals surface area contributed by atoms with Gasteiger partial charge in [0, 0.05) is 31.3 Å². The summed E-state index contributed by atoms with van der Waals surface area (Å²) in [6.07, 6.45) is -1.19. The number of benzene rings is 1. The maximum atomic E-state index is 12.7. The first kappa shape index (κ1) is 24.3. The van der Waals surface area contributed by atoms with Gasteiger partial charge in [-0.05, 0) is 37.5 Å². The third-order valence-corrected chi connectivity index (χ3v) is 4.84.